The number of benzene rings is 3. The maximum atomic E-state index is 10.7. The van der Waals surface area contributed by atoms with Crippen molar-refractivity contribution < 1.29 is 5.11 Å². The van der Waals surface area contributed by atoms with Gasteiger partial charge in [0.15, 0.2) is 0 Å². The van der Waals surface area contributed by atoms with E-state index in [-0.39, 0.29) is 0 Å². The molecular weight excluding hydrogens is 574 g/mol. The van der Waals surface area contributed by atoms with Crippen molar-refractivity contribution in [3.8, 4) is 0 Å². The van der Waals surface area contributed by atoms with E-state index in [0.29, 0.717) is 13.1 Å². The standard InChI is InChI=1S/C23H22I2N2O/c1-2-15-3-7-18(8-4-15)26-13-19(28)14-27-22-9-5-16(24)11-20(22)21-12-17(25)6-10-23(21)27/h3-12,19,26,28H,2,13-14H2,1H3/t19-/m1/s1. The quantitative estimate of drug-likeness (QED) is 0.267. The first-order valence-corrected chi connectivity index (χ1v) is 11.6. The number of rotatable bonds is 6. The second-order valence-electron chi connectivity index (χ2n) is 7.02. The molecule has 1 aromatic heterocycles. The van der Waals surface area contributed by atoms with Gasteiger partial charge in [0, 0.05) is 41.2 Å². The van der Waals surface area contributed by atoms with Gasteiger partial charge in [0.2, 0.25) is 0 Å². The van der Waals surface area contributed by atoms with Crippen LogP contribution in [0.2, 0.25) is 0 Å². The fourth-order valence-corrected chi connectivity index (χ4v) is 4.60. The summed E-state index contributed by atoms with van der Waals surface area (Å²) in [6.45, 7) is 3.22. The number of fused-ring (bicyclic) bond motifs is 3. The molecule has 28 heavy (non-hydrogen) atoms. The summed E-state index contributed by atoms with van der Waals surface area (Å²) in [6, 6.07) is 21.4. The summed E-state index contributed by atoms with van der Waals surface area (Å²) >= 11 is 4.72. The lowest BCUT2D eigenvalue weighted by Gasteiger charge is -2.16. The van der Waals surface area contributed by atoms with Gasteiger partial charge in [-0.3, -0.25) is 0 Å². The molecule has 0 fully saturated rings. The molecule has 0 spiro atoms. The van der Waals surface area contributed by atoms with E-state index in [1.54, 1.807) is 0 Å². The van der Waals surface area contributed by atoms with E-state index in [2.05, 4.69) is 123 Å². The number of hydrogen-bond donors (Lipinski definition) is 2. The molecule has 0 aliphatic carbocycles. The van der Waals surface area contributed by atoms with E-state index in [0.717, 1.165) is 12.1 Å². The fraction of sp³-hybridized carbons (Fsp3) is 0.217. The summed E-state index contributed by atoms with van der Waals surface area (Å²) < 4.78 is 4.69. The Labute approximate surface area is 192 Å². The van der Waals surface area contributed by atoms with Crippen molar-refractivity contribution in [2.45, 2.75) is 26.0 Å². The molecule has 0 saturated heterocycles. The Bertz CT molecular complexity index is 1060. The predicted molar refractivity (Wildman–Crippen MR) is 135 cm³/mol. The minimum atomic E-state index is -0.483. The van der Waals surface area contributed by atoms with Crippen LogP contribution in [-0.4, -0.2) is 22.3 Å². The van der Waals surface area contributed by atoms with Crippen molar-refractivity contribution >= 4 is 72.7 Å². The molecule has 5 heteroatoms. The summed E-state index contributed by atoms with van der Waals surface area (Å²) in [5.74, 6) is 0. The van der Waals surface area contributed by atoms with Crippen molar-refractivity contribution in [2.24, 2.45) is 0 Å². The number of aliphatic hydroxyl groups is 1. The number of hydrogen-bond acceptors (Lipinski definition) is 2. The highest BCUT2D eigenvalue weighted by atomic mass is 127. The van der Waals surface area contributed by atoms with Crippen LogP contribution in [0.15, 0.2) is 60.7 Å². The molecule has 3 aromatic carbocycles. The van der Waals surface area contributed by atoms with Crippen molar-refractivity contribution in [2.75, 3.05) is 11.9 Å². The van der Waals surface area contributed by atoms with Crippen LogP contribution in [0.4, 0.5) is 5.69 Å². The molecule has 4 rings (SSSR count). The summed E-state index contributed by atoms with van der Waals surface area (Å²) in [4.78, 5) is 0. The maximum absolute atomic E-state index is 10.7. The Morgan fingerprint density at radius 3 is 2.00 bits per heavy atom. The lowest BCUT2D eigenvalue weighted by atomic mass is 10.1. The van der Waals surface area contributed by atoms with Gasteiger partial charge < -0.3 is 15.0 Å². The van der Waals surface area contributed by atoms with Gasteiger partial charge in [0.05, 0.1) is 12.6 Å². The number of aliphatic hydroxyl groups excluding tert-OH is 1. The molecule has 0 amide bonds. The summed E-state index contributed by atoms with van der Waals surface area (Å²) in [5.41, 5.74) is 4.70. The second-order valence-corrected chi connectivity index (χ2v) is 9.51. The van der Waals surface area contributed by atoms with E-state index in [9.17, 15) is 5.11 Å². The van der Waals surface area contributed by atoms with E-state index >= 15 is 0 Å². The minimum absolute atomic E-state index is 0.483. The number of anilines is 1. The topological polar surface area (TPSA) is 37.2 Å². The summed E-state index contributed by atoms with van der Waals surface area (Å²) in [7, 11) is 0. The number of aryl methyl sites for hydroxylation is 1. The third-order valence-corrected chi connectivity index (χ3v) is 6.43. The third-order valence-electron chi connectivity index (χ3n) is 5.09. The Kier molecular flexibility index (Phi) is 6.13. The highest BCUT2D eigenvalue weighted by Crippen LogP contribution is 2.31. The van der Waals surface area contributed by atoms with Gasteiger partial charge in [-0.2, -0.15) is 0 Å². The highest BCUT2D eigenvalue weighted by Gasteiger charge is 2.14. The van der Waals surface area contributed by atoms with Gasteiger partial charge in [0.1, 0.15) is 0 Å². The first kappa shape index (κ1) is 20.0. The first-order chi connectivity index (χ1) is 13.5. The monoisotopic (exact) mass is 596 g/mol. The molecular formula is C23H22I2N2O. The molecule has 0 saturated carbocycles. The average molecular weight is 596 g/mol. The lowest BCUT2D eigenvalue weighted by molar-refractivity contribution is 0.169. The van der Waals surface area contributed by atoms with Gasteiger partial charge in [-0.25, -0.2) is 0 Å². The number of halogens is 2. The molecule has 0 unspecified atom stereocenters. The summed E-state index contributed by atoms with van der Waals surface area (Å²) in [5, 5.41) is 16.6. The number of nitrogens with one attached hydrogen (secondary N) is 1. The normalized spacial score (nSPS) is 12.6. The molecule has 0 bridgehead atoms. The van der Waals surface area contributed by atoms with Gasteiger partial charge >= 0.3 is 0 Å². The predicted octanol–water partition coefficient (Wildman–Crippen LogP) is 6.04. The van der Waals surface area contributed by atoms with E-state index in [1.807, 2.05) is 0 Å². The summed E-state index contributed by atoms with van der Waals surface area (Å²) in [6.07, 6.45) is 0.553. The molecule has 4 aromatic rings. The Morgan fingerprint density at radius 2 is 1.46 bits per heavy atom. The Balaban J connectivity index is 1.59. The number of aromatic nitrogens is 1. The van der Waals surface area contributed by atoms with Gasteiger partial charge in [-0.15, -0.1) is 0 Å². The first-order valence-electron chi connectivity index (χ1n) is 9.43. The van der Waals surface area contributed by atoms with Crippen LogP contribution in [0.5, 0.6) is 0 Å². The molecule has 2 N–H and O–H groups in total. The van der Waals surface area contributed by atoms with Crippen LogP contribution in [0.3, 0.4) is 0 Å². The lowest BCUT2D eigenvalue weighted by Crippen LogP contribution is -2.24. The van der Waals surface area contributed by atoms with Gasteiger partial charge in [0.25, 0.3) is 0 Å². The SMILES string of the molecule is CCc1ccc(NC[C@@H](O)Cn2c3ccc(I)cc3c3cc(I)ccc32)cc1. The minimum Gasteiger partial charge on any atom is -0.389 e. The van der Waals surface area contributed by atoms with Gasteiger partial charge in [-0.1, -0.05) is 19.1 Å². The van der Waals surface area contributed by atoms with E-state index < -0.39 is 6.10 Å². The van der Waals surface area contributed by atoms with Crippen LogP contribution in [0.25, 0.3) is 21.8 Å². The molecule has 1 atom stereocenters. The van der Waals surface area contributed by atoms with Crippen molar-refractivity contribution in [1.82, 2.24) is 4.57 Å². The van der Waals surface area contributed by atoms with Gasteiger partial charge in [-0.05, 0) is 106 Å². The maximum Gasteiger partial charge on any atom is 0.0891 e. The Morgan fingerprint density at radius 1 is 0.893 bits per heavy atom. The van der Waals surface area contributed by atoms with E-state index in [4.69, 9.17) is 0 Å². The molecule has 3 nitrogen and oxygen atoms in total. The van der Waals surface area contributed by atoms with Crippen LogP contribution in [0.1, 0.15) is 12.5 Å². The molecule has 1 heterocycles. The van der Waals surface area contributed by atoms with Crippen LogP contribution < -0.4 is 5.32 Å². The molecule has 0 aliphatic heterocycles. The average Bonchev–Trinajstić information content (AvgIpc) is 2.99. The molecule has 144 valence electrons. The van der Waals surface area contributed by atoms with Crippen molar-refractivity contribution in [3.63, 3.8) is 0 Å². The zero-order valence-electron chi connectivity index (χ0n) is 15.6. The second kappa shape index (κ2) is 8.59. The van der Waals surface area contributed by atoms with Crippen LogP contribution >= 0.6 is 45.2 Å². The van der Waals surface area contributed by atoms with Crippen molar-refractivity contribution in [1.29, 1.82) is 0 Å². The largest absolute Gasteiger partial charge is 0.389 e. The number of nitrogens with zero attached hydrogens (tertiary/aromatic N) is 1. The van der Waals surface area contributed by atoms with Crippen LogP contribution in [0, 0.1) is 7.14 Å². The van der Waals surface area contributed by atoms with Crippen molar-refractivity contribution in [3.05, 3.63) is 73.4 Å². The van der Waals surface area contributed by atoms with E-state index in [1.165, 1.54) is 34.5 Å². The molecule has 0 radical (unpaired) electrons. The fourth-order valence-electron chi connectivity index (χ4n) is 3.61. The zero-order chi connectivity index (χ0) is 19.7. The van der Waals surface area contributed by atoms with Crippen LogP contribution in [-0.2, 0) is 13.0 Å². The Hall–Kier alpha value is -1.32. The third kappa shape index (κ3) is 4.16. The highest BCUT2D eigenvalue weighted by molar-refractivity contribution is 14.1. The smallest absolute Gasteiger partial charge is 0.0891 e. The zero-order valence-corrected chi connectivity index (χ0v) is 19.9. The molecule has 0 aliphatic rings.